The Morgan fingerprint density at radius 3 is 2.68 bits per heavy atom. The molecule has 0 amide bonds. The molecule has 0 aliphatic rings. The normalized spacial score (nSPS) is 11.5. The van der Waals surface area contributed by atoms with Gasteiger partial charge in [0, 0.05) is 11.9 Å². The monoisotopic (exact) mass is 313 g/mol. The van der Waals surface area contributed by atoms with E-state index >= 15 is 0 Å². The number of pyridine rings is 1. The van der Waals surface area contributed by atoms with Gasteiger partial charge in [0.25, 0.3) is 0 Å². The van der Waals surface area contributed by atoms with E-state index in [9.17, 15) is 18.0 Å². The van der Waals surface area contributed by atoms with Crippen molar-refractivity contribution < 1.29 is 22.7 Å². The van der Waals surface area contributed by atoms with Crippen molar-refractivity contribution >= 4 is 5.97 Å². The molecule has 0 spiro atoms. The molecule has 0 saturated heterocycles. The summed E-state index contributed by atoms with van der Waals surface area (Å²) in [6.45, 7) is 1.98. The summed E-state index contributed by atoms with van der Waals surface area (Å²) in [6.07, 6.45) is -2.80. The van der Waals surface area contributed by atoms with Gasteiger partial charge >= 0.3 is 12.1 Å². The van der Waals surface area contributed by atoms with Gasteiger partial charge < -0.3 is 4.74 Å². The van der Waals surface area contributed by atoms with Crippen molar-refractivity contribution in [2.45, 2.75) is 26.1 Å². The molecule has 0 fully saturated rings. The molecule has 118 valence electrons. The number of aryl methyl sites for hydroxylation is 1. The quantitative estimate of drug-likeness (QED) is 0.814. The van der Waals surface area contributed by atoms with Gasteiger partial charge in [-0.1, -0.05) is 6.92 Å². The molecule has 0 aliphatic heterocycles. The number of hydrogen-bond donors (Lipinski definition) is 0. The summed E-state index contributed by atoms with van der Waals surface area (Å²) in [6, 6.07) is 4.02. The molecule has 2 aromatic rings. The Balaban J connectivity index is 2.31. The zero-order valence-electron chi connectivity index (χ0n) is 12.0. The van der Waals surface area contributed by atoms with Gasteiger partial charge in [0.2, 0.25) is 0 Å². The van der Waals surface area contributed by atoms with Crippen molar-refractivity contribution in [3.05, 3.63) is 47.0 Å². The SMILES string of the molecule is CCc1cc(C(=O)OC)nn1Cc1ccnc(C(F)(F)F)c1. The molecule has 0 radical (unpaired) electrons. The lowest BCUT2D eigenvalue weighted by molar-refractivity contribution is -0.141. The van der Waals surface area contributed by atoms with Gasteiger partial charge in [-0.05, 0) is 30.2 Å². The third-order valence-electron chi connectivity index (χ3n) is 3.07. The fourth-order valence-electron chi connectivity index (χ4n) is 1.98. The average Bonchev–Trinajstić information content (AvgIpc) is 2.89. The molecule has 0 bridgehead atoms. The summed E-state index contributed by atoms with van der Waals surface area (Å²) in [5, 5.41) is 4.08. The summed E-state index contributed by atoms with van der Waals surface area (Å²) in [5.74, 6) is -0.584. The molecule has 0 unspecified atom stereocenters. The minimum atomic E-state index is -4.50. The summed E-state index contributed by atoms with van der Waals surface area (Å²) >= 11 is 0. The lowest BCUT2D eigenvalue weighted by atomic mass is 10.2. The Morgan fingerprint density at radius 1 is 1.36 bits per heavy atom. The van der Waals surface area contributed by atoms with Gasteiger partial charge in [0.05, 0.1) is 13.7 Å². The maximum atomic E-state index is 12.7. The van der Waals surface area contributed by atoms with Crippen LogP contribution in [0.1, 0.15) is 34.4 Å². The number of carbonyl (C=O) groups is 1. The maximum Gasteiger partial charge on any atom is 0.433 e. The average molecular weight is 313 g/mol. The molecule has 2 aromatic heterocycles. The zero-order chi connectivity index (χ0) is 16.3. The lowest BCUT2D eigenvalue weighted by Crippen LogP contribution is -2.11. The van der Waals surface area contributed by atoms with E-state index in [1.807, 2.05) is 6.92 Å². The Bertz CT molecular complexity index is 680. The summed E-state index contributed by atoms with van der Waals surface area (Å²) in [5.41, 5.74) is 0.301. The lowest BCUT2D eigenvalue weighted by Gasteiger charge is -2.09. The molecule has 2 heterocycles. The molecule has 2 rings (SSSR count). The number of hydrogen-bond acceptors (Lipinski definition) is 4. The smallest absolute Gasteiger partial charge is 0.433 e. The third kappa shape index (κ3) is 3.44. The molecule has 0 N–H and O–H groups in total. The number of nitrogens with zero attached hydrogens (tertiary/aromatic N) is 3. The number of rotatable bonds is 4. The van der Waals surface area contributed by atoms with Crippen molar-refractivity contribution in [3.8, 4) is 0 Å². The van der Waals surface area contributed by atoms with Gasteiger partial charge in [0.15, 0.2) is 5.69 Å². The van der Waals surface area contributed by atoms with Crippen LogP contribution in [0, 0.1) is 0 Å². The van der Waals surface area contributed by atoms with E-state index in [0.717, 1.165) is 18.0 Å². The maximum absolute atomic E-state index is 12.7. The van der Waals surface area contributed by atoms with Gasteiger partial charge in [-0.3, -0.25) is 9.67 Å². The topological polar surface area (TPSA) is 57.0 Å². The standard InChI is InChI=1S/C14H14F3N3O2/c1-3-10-7-11(13(21)22-2)19-20(10)8-9-4-5-18-12(6-9)14(15,16)17/h4-7H,3,8H2,1-2H3. The first kappa shape index (κ1) is 16.0. The minimum absolute atomic E-state index is 0.117. The van der Waals surface area contributed by atoms with Crippen LogP contribution < -0.4 is 0 Å². The molecular formula is C14H14F3N3O2. The van der Waals surface area contributed by atoms with Crippen LogP contribution in [0.2, 0.25) is 0 Å². The zero-order valence-corrected chi connectivity index (χ0v) is 12.0. The second-order valence-electron chi connectivity index (χ2n) is 4.57. The minimum Gasteiger partial charge on any atom is -0.464 e. The van der Waals surface area contributed by atoms with Gasteiger partial charge in [0.1, 0.15) is 5.69 Å². The summed E-state index contributed by atoms with van der Waals surface area (Å²) in [7, 11) is 1.24. The van der Waals surface area contributed by atoms with E-state index in [0.29, 0.717) is 12.0 Å². The van der Waals surface area contributed by atoms with E-state index in [4.69, 9.17) is 0 Å². The summed E-state index contributed by atoms with van der Waals surface area (Å²) in [4.78, 5) is 14.8. The first-order valence-corrected chi connectivity index (χ1v) is 6.52. The van der Waals surface area contributed by atoms with Crippen LogP contribution in [0.3, 0.4) is 0 Å². The predicted octanol–water partition coefficient (Wildman–Crippen LogP) is 2.69. The van der Waals surface area contributed by atoms with E-state index in [2.05, 4.69) is 14.8 Å². The number of aromatic nitrogens is 3. The number of methoxy groups -OCH3 is 1. The van der Waals surface area contributed by atoms with Crippen LogP contribution in [0.15, 0.2) is 24.4 Å². The van der Waals surface area contributed by atoms with E-state index in [-0.39, 0.29) is 12.2 Å². The molecule has 0 aliphatic carbocycles. The second-order valence-corrected chi connectivity index (χ2v) is 4.57. The molecule has 0 aromatic carbocycles. The van der Waals surface area contributed by atoms with Crippen molar-refractivity contribution in [3.63, 3.8) is 0 Å². The molecule has 8 heteroatoms. The van der Waals surface area contributed by atoms with E-state index in [1.54, 1.807) is 6.07 Å². The van der Waals surface area contributed by atoms with Crippen LogP contribution in [0.4, 0.5) is 13.2 Å². The van der Waals surface area contributed by atoms with E-state index < -0.39 is 17.8 Å². The molecule has 0 saturated carbocycles. The molecular weight excluding hydrogens is 299 g/mol. The number of alkyl halides is 3. The summed E-state index contributed by atoms with van der Waals surface area (Å²) < 4.78 is 44.1. The molecule has 5 nitrogen and oxygen atoms in total. The Hall–Kier alpha value is -2.38. The largest absolute Gasteiger partial charge is 0.464 e. The van der Waals surface area contributed by atoms with Crippen molar-refractivity contribution in [2.75, 3.05) is 7.11 Å². The van der Waals surface area contributed by atoms with Crippen LogP contribution in [0.25, 0.3) is 0 Å². The highest BCUT2D eigenvalue weighted by atomic mass is 19.4. The van der Waals surface area contributed by atoms with Gasteiger partial charge in [-0.2, -0.15) is 18.3 Å². The first-order chi connectivity index (χ1) is 10.3. The highest BCUT2D eigenvalue weighted by Crippen LogP contribution is 2.27. The van der Waals surface area contributed by atoms with Crippen molar-refractivity contribution in [1.82, 2.24) is 14.8 Å². The molecule has 0 atom stereocenters. The van der Waals surface area contributed by atoms with Crippen LogP contribution >= 0.6 is 0 Å². The Labute approximate surface area is 124 Å². The van der Waals surface area contributed by atoms with Crippen molar-refractivity contribution in [2.24, 2.45) is 0 Å². The van der Waals surface area contributed by atoms with Gasteiger partial charge in [-0.15, -0.1) is 0 Å². The highest BCUT2D eigenvalue weighted by molar-refractivity contribution is 5.87. The van der Waals surface area contributed by atoms with Gasteiger partial charge in [-0.25, -0.2) is 4.79 Å². The Morgan fingerprint density at radius 2 is 2.09 bits per heavy atom. The number of esters is 1. The van der Waals surface area contributed by atoms with Crippen LogP contribution in [-0.4, -0.2) is 27.8 Å². The third-order valence-corrected chi connectivity index (χ3v) is 3.07. The van der Waals surface area contributed by atoms with Crippen LogP contribution in [0.5, 0.6) is 0 Å². The fourth-order valence-corrected chi connectivity index (χ4v) is 1.98. The fraction of sp³-hybridized carbons (Fsp3) is 0.357. The number of carbonyl (C=O) groups excluding carboxylic acids is 1. The predicted molar refractivity (Wildman–Crippen MR) is 71.3 cm³/mol. The first-order valence-electron chi connectivity index (χ1n) is 6.52. The van der Waals surface area contributed by atoms with E-state index in [1.165, 1.54) is 17.9 Å². The molecule has 22 heavy (non-hydrogen) atoms. The highest BCUT2D eigenvalue weighted by Gasteiger charge is 2.32. The number of halogens is 3. The second kappa shape index (κ2) is 6.17. The van der Waals surface area contributed by atoms with Crippen LogP contribution in [-0.2, 0) is 23.9 Å². The Kier molecular flexibility index (Phi) is 4.48. The number of ether oxygens (including phenoxy) is 1. The van der Waals surface area contributed by atoms with Crippen molar-refractivity contribution in [1.29, 1.82) is 0 Å².